The lowest BCUT2D eigenvalue weighted by Crippen LogP contribution is -2.45. The van der Waals surface area contributed by atoms with Crippen LogP contribution in [0.5, 0.6) is 5.75 Å². The monoisotopic (exact) mass is 387 g/mol. The molecule has 0 bridgehead atoms. The minimum Gasteiger partial charge on any atom is -0.495 e. The number of ether oxygens (including phenoxy) is 1. The lowest BCUT2D eigenvalue weighted by Gasteiger charge is -2.36. The summed E-state index contributed by atoms with van der Waals surface area (Å²) in [6.45, 7) is 3.51. The van der Waals surface area contributed by atoms with E-state index in [0.29, 0.717) is 15.8 Å². The average molecular weight is 389 g/mol. The van der Waals surface area contributed by atoms with Crippen LogP contribution in [0.3, 0.4) is 0 Å². The normalized spacial score (nSPS) is 18.0. The van der Waals surface area contributed by atoms with Crippen LogP contribution in [0.1, 0.15) is 17.2 Å². The van der Waals surface area contributed by atoms with Crippen LogP contribution in [-0.2, 0) is 6.54 Å². The Morgan fingerprint density at radius 2 is 2.21 bits per heavy atom. The molecule has 1 N–H and O–H groups in total. The predicted octanol–water partition coefficient (Wildman–Crippen LogP) is 3.97. The molecule has 0 saturated carbocycles. The van der Waals surface area contributed by atoms with Gasteiger partial charge in [-0.1, -0.05) is 29.3 Å². The first-order valence-corrected chi connectivity index (χ1v) is 8.31. The summed E-state index contributed by atoms with van der Waals surface area (Å²) in [5, 5.41) is 4.62. The summed E-state index contributed by atoms with van der Waals surface area (Å²) in [5.74, 6) is 0.694. The maximum Gasteiger partial charge on any atom is 0.142 e. The third-order valence-electron chi connectivity index (χ3n) is 4.09. The summed E-state index contributed by atoms with van der Waals surface area (Å²) in [4.78, 5) is 6.64. The number of methoxy groups -OCH3 is 1. The van der Waals surface area contributed by atoms with Gasteiger partial charge in [-0.05, 0) is 23.8 Å². The molecule has 7 heteroatoms. The third kappa shape index (κ3) is 4.32. The van der Waals surface area contributed by atoms with E-state index >= 15 is 0 Å². The Labute approximate surface area is 158 Å². The van der Waals surface area contributed by atoms with Gasteiger partial charge in [-0.2, -0.15) is 0 Å². The Morgan fingerprint density at radius 3 is 2.92 bits per heavy atom. The number of halogens is 3. The first-order valence-electron chi connectivity index (χ1n) is 7.55. The van der Waals surface area contributed by atoms with Crippen LogP contribution in [0, 0.1) is 0 Å². The Balaban J connectivity index is 0.00000208. The molecule has 1 unspecified atom stereocenters. The molecule has 1 fully saturated rings. The number of nitrogens with one attached hydrogen (secondary N) is 1. The molecule has 1 aromatic heterocycles. The molecular weight excluding hydrogens is 369 g/mol. The zero-order valence-electron chi connectivity index (χ0n) is 13.3. The highest BCUT2D eigenvalue weighted by Crippen LogP contribution is 2.34. The van der Waals surface area contributed by atoms with Gasteiger partial charge in [-0.25, -0.2) is 0 Å². The van der Waals surface area contributed by atoms with Crippen LogP contribution >= 0.6 is 35.6 Å². The number of aromatic nitrogens is 1. The van der Waals surface area contributed by atoms with Crippen molar-refractivity contribution in [2.24, 2.45) is 0 Å². The molecular formula is C17H20Cl3N3O. The molecule has 3 rings (SSSR count). The molecule has 1 aliphatic rings. The molecule has 1 aromatic carbocycles. The first-order chi connectivity index (χ1) is 11.2. The van der Waals surface area contributed by atoms with Crippen LogP contribution in [0.15, 0.2) is 36.7 Å². The van der Waals surface area contributed by atoms with Gasteiger partial charge >= 0.3 is 0 Å². The van der Waals surface area contributed by atoms with Crippen molar-refractivity contribution in [3.8, 4) is 5.75 Å². The maximum atomic E-state index is 6.26. The number of benzene rings is 1. The van der Waals surface area contributed by atoms with Crippen molar-refractivity contribution in [1.82, 2.24) is 15.2 Å². The summed E-state index contributed by atoms with van der Waals surface area (Å²) < 4.78 is 5.47. The quantitative estimate of drug-likeness (QED) is 0.860. The van der Waals surface area contributed by atoms with Gasteiger partial charge in [-0.15, -0.1) is 12.4 Å². The molecule has 24 heavy (non-hydrogen) atoms. The fourth-order valence-electron chi connectivity index (χ4n) is 3.02. The summed E-state index contributed by atoms with van der Waals surface area (Å²) in [6, 6.07) is 7.98. The Hall–Kier alpha value is -1.04. The van der Waals surface area contributed by atoms with Crippen LogP contribution in [0.25, 0.3) is 0 Å². The summed E-state index contributed by atoms with van der Waals surface area (Å²) in [5.41, 5.74) is 2.20. The molecule has 0 spiro atoms. The molecule has 0 radical (unpaired) electrons. The highest BCUT2D eigenvalue weighted by atomic mass is 35.5. The highest BCUT2D eigenvalue weighted by molar-refractivity contribution is 6.35. The van der Waals surface area contributed by atoms with Crippen molar-refractivity contribution in [2.75, 3.05) is 26.7 Å². The molecule has 1 atom stereocenters. The van der Waals surface area contributed by atoms with Crippen LogP contribution in [-0.4, -0.2) is 36.6 Å². The number of rotatable bonds is 4. The highest BCUT2D eigenvalue weighted by Gasteiger charge is 2.25. The largest absolute Gasteiger partial charge is 0.495 e. The van der Waals surface area contributed by atoms with Crippen molar-refractivity contribution in [2.45, 2.75) is 12.6 Å². The number of hydrogen-bond donors (Lipinski definition) is 1. The van der Waals surface area contributed by atoms with E-state index in [1.807, 2.05) is 18.3 Å². The molecule has 2 aromatic rings. The maximum absolute atomic E-state index is 6.26. The Morgan fingerprint density at radius 1 is 1.38 bits per heavy atom. The average Bonchev–Trinajstić information content (AvgIpc) is 2.56. The SMILES string of the molecule is COc1c(Cl)cc(Cl)cc1CN1CCNCC1c1cccnc1.Cl. The number of hydrogen-bond acceptors (Lipinski definition) is 4. The van der Waals surface area contributed by atoms with E-state index in [1.165, 1.54) is 5.56 Å². The van der Waals surface area contributed by atoms with E-state index in [2.05, 4.69) is 21.3 Å². The second kappa shape index (κ2) is 8.88. The zero-order valence-corrected chi connectivity index (χ0v) is 15.7. The van der Waals surface area contributed by atoms with Crippen LogP contribution in [0.4, 0.5) is 0 Å². The minimum absolute atomic E-state index is 0. The van der Waals surface area contributed by atoms with Gasteiger partial charge in [-0.3, -0.25) is 9.88 Å². The zero-order chi connectivity index (χ0) is 16.2. The van der Waals surface area contributed by atoms with E-state index in [4.69, 9.17) is 27.9 Å². The second-order valence-corrected chi connectivity index (χ2v) is 6.40. The minimum atomic E-state index is 0. The molecule has 130 valence electrons. The van der Waals surface area contributed by atoms with Crippen molar-refractivity contribution in [3.05, 3.63) is 57.8 Å². The predicted molar refractivity (Wildman–Crippen MR) is 101 cm³/mol. The molecule has 0 amide bonds. The van der Waals surface area contributed by atoms with Crippen LogP contribution < -0.4 is 10.1 Å². The van der Waals surface area contributed by atoms with Crippen molar-refractivity contribution >= 4 is 35.6 Å². The smallest absolute Gasteiger partial charge is 0.142 e. The Kier molecular flexibility index (Phi) is 7.14. The molecule has 0 aliphatic carbocycles. The number of nitrogens with zero attached hydrogens (tertiary/aromatic N) is 2. The van der Waals surface area contributed by atoms with Gasteiger partial charge < -0.3 is 10.1 Å². The van der Waals surface area contributed by atoms with E-state index in [1.54, 1.807) is 19.4 Å². The van der Waals surface area contributed by atoms with Gasteiger partial charge in [0, 0.05) is 55.2 Å². The van der Waals surface area contributed by atoms with Crippen molar-refractivity contribution < 1.29 is 4.74 Å². The van der Waals surface area contributed by atoms with E-state index in [-0.39, 0.29) is 18.4 Å². The summed E-state index contributed by atoms with van der Waals surface area (Å²) >= 11 is 12.4. The molecule has 1 aliphatic heterocycles. The first kappa shape index (κ1) is 19.3. The van der Waals surface area contributed by atoms with Crippen molar-refractivity contribution in [3.63, 3.8) is 0 Å². The van der Waals surface area contributed by atoms with Gasteiger partial charge in [0.25, 0.3) is 0 Å². The fraction of sp³-hybridized carbons (Fsp3) is 0.353. The van der Waals surface area contributed by atoms with Crippen LogP contribution in [0.2, 0.25) is 10.0 Å². The van der Waals surface area contributed by atoms with Gasteiger partial charge in [0.1, 0.15) is 5.75 Å². The number of pyridine rings is 1. The third-order valence-corrected chi connectivity index (χ3v) is 4.59. The fourth-order valence-corrected chi connectivity index (χ4v) is 3.63. The van der Waals surface area contributed by atoms with E-state index in [0.717, 1.165) is 31.7 Å². The topological polar surface area (TPSA) is 37.4 Å². The lowest BCUT2D eigenvalue weighted by atomic mass is 10.0. The lowest BCUT2D eigenvalue weighted by molar-refractivity contribution is 0.152. The van der Waals surface area contributed by atoms with E-state index in [9.17, 15) is 0 Å². The molecule has 2 heterocycles. The summed E-state index contributed by atoms with van der Waals surface area (Å²) in [7, 11) is 1.63. The molecule has 1 saturated heterocycles. The Bertz CT molecular complexity index is 670. The molecule has 4 nitrogen and oxygen atoms in total. The number of piperazine rings is 1. The summed E-state index contributed by atoms with van der Waals surface area (Å²) in [6.07, 6.45) is 3.72. The van der Waals surface area contributed by atoms with Gasteiger partial charge in [0.05, 0.1) is 12.1 Å². The van der Waals surface area contributed by atoms with Gasteiger partial charge in [0.15, 0.2) is 0 Å². The van der Waals surface area contributed by atoms with E-state index < -0.39 is 0 Å². The standard InChI is InChI=1S/C17H19Cl2N3O.ClH/c1-23-17-13(7-14(18)8-15(17)19)11-22-6-5-21-10-16(22)12-3-2-4-20-9-12;/h2-4,7-9,16,21H,5-6,10-11H2,1H3;1H. The second-order valence-electron chi connectivity index (χ2n) is 5.56. The van der Waals surface area contributed by atoms with Crippen molar-refractivity contribution in [1.29, 1.82) is 0 Å². The van der Waals surface area contributed by atoms with Gasteiger partial charge in [0.2, 0.25) is 0 Å².